The predicted octanol–water partition coefficient (Wildman–Crippen LogP) is 2.34. The third-order valence-corrected chi connectivity index (χ3v) is 4.71. The number of nitrogens with one attached hydrogen (secondary N) is 1. The van der Waals surface area contributed by atoms with Gasteiger partial charge in [0.05, 0.1) is 24.5 Å². The first-order valence-corrected chi connectivity index (χ1v) is 8.75. The fourth-order valence-electron chi connectivity index (χ4n) is 3.25. The number of aliphatic hydroxyl groups excluding tert-OH is 1. The number of carbonyl (C=O) groups excluding carboxylic acids is 1. The van der Waals surface area contributed by atoms with Gasteiger partial charge in [-0.2, -0.15) is 5.10 Å². The number of amides is 2. The Balaban J connectivity index is 1.58. The van der Waals surface area contributed by atoms with Gasteiger partial charge in [-0.1, -0.05) is 18.9 Å². The van der Waals surface area contributed by atoms with Crippen molar-refractivity contribution < 1.29 is 9.90 Å². The number of hydrogen-bond acceptors (Lipinski definition) is 4. The number of pyridine rings is 1. The maximum atomic E-state index is 12.5. The van der Waals surface area contributed by atoms with E-state index in [1.807, 2.05) is 18.2 Å². The van der Waals surface area contributed by atoms with Crippen LogP contribution >= 0.6 is 0 Å². The highest BCUT2D eigenvalue weighted by atomic mass is 16.3. The molecule has 0 saturated heterocycles. The summed E-state index contributed by atoms with van der Waals surface area (Å²) < 4.78 is 1.71. The molecule has 1 saturated carbocycles. The Bertz CT molecular complexity index is 688. The van der Waals surface area contributed by atoms with E-state index in [-0.39, 0.29) is 18.1 Å². The lowest BCUT2D eigenvalue weighted by Gasteiger charge is -2.31. The summed E-state index contributed by atoms with van der Waals surface area (Å²) in [4.78, 5) is 18.4. The van der Waals surface area contributed by atoms with E-state index in [0.29, 0.717) is 18.9 Å². The Morgan fingerprint density at radius 3 is 2.92 bits per heavy atom. The lowest BCUT2D eigenvalue weighted by Crippen LogP contribution is -2.40. The van der Waals surface area contributed by atoms with E-state index in [9.17, 15) is 9.90 Å². The molecule has 0 spiro atoms. The van der Waals surface area contributed by atoms with Crippen LogP contribution in [0.4, 0.5) is 10.6 Å². The molecule has 2 N–H and O–H groups in total. The van der Waals surface area contributed by atoms with E-state index >= 15 is 0 Å². The summed E-state index contributed by atoms with van der Waals surface area (Å²) in [7, 11) is 1.76. The van der Waals surface area contributed by atoms with Crippen molar-refractivity contribution in [1.82, 2.24) is 19.7 Å². The molecular formula is C18H25N5O2. The quantitative estimate of drug-likeness (QED) is 0.873. The van der Waals surface area contributed by atoms with Crippen molar-refractivity contribution in [3.63, 3.8) is 0 Å². The van der Waals surface area contributed by atoms with Crippen molar-refractivity contribution in [3.8, 4) is 0 Å². The van der Waals surface area contributed by atoms with Crippen LogP contribution in [0.3, 0.4) is 0 Å². The summed E-state index contributed by atoms with van der Waals surface area (Å²) in [6, 6.07) is 7.28. The minimum Gasteiger partial charge on any atom is -0.393 e. The topological polar surface area (TPSA) is 83.3 Å². The molecule has 1 fully saturated rings. The third kappa shape index (κ3) is 4.57. The van der Waals surface area contributed by atoms with Gasteiger partial charge in [0.2, 0.25) is 0 Å². The lowest BCUT2D eigenvalue weighted by molar-refractivity contribution is 0.0575. The Hall–Kier alpha value is -2.41. The second-order valence-corrected chi connectivity index (χ2v) is 6.62. The van der Waals surface area contributed by atoms with Crippen molar-refractivity contribution in [2.24, 2.45) is 5.92 Å². The molecule has 2 unspecified atom stereocenters. The monoisotopic (exact) mass is 343 g/mol. The molecule has 0 aliphatic heterocycles. The highest BCUT2D eigenvalue weighted by molar-refractivity contribution is 5.88. The molecule has 134 valence electrons. The molecule has 2 atom stereocenters. The summed E-state index contributed by atoms with van der Waals surface area (Å²) in [6.07, 6.45) is 7.07. The van der Waals surface area contributed by atoms with Gasteiger partial charge in [-0.3, -0.25) is 10.3 Å². The molecule has 25 heavy (non-hydrogen) atoms. The molecule has 2 amide bonds. The molecule has 1 aliphatic carbocycles. The fraction of sp³-hybridized carbons (Fsp3) is 0.500. The van der Waals surface area contributed by atoms with Gasteiger partial charge in [-0.15, -0.1) is 0 Å². The van der Waals surface area contributed by atoms with Gasteiger partial charge in [0.15, 0.2) is 0 Å². The van der Waals surface area contributed by atoms with E-state index in [4.69, 9.17) is 0 Å². The number of rotatable bonds is 5. The predicted molar refractivity (Wildman–Crippen MR) is 95.2 cm³/mol. The summed E-state index contributed by atoms with van der Waals surface area (Å²) in [6.45, 7) is 1.05. The number of aromatic nitrogens is 3. The Labute approximate surface area is 147 Å². The van der Waals surface area contributed by atoms with Gasteiger partial charge >= 0.3 is 6.03 Å². The number of aliphatic hydroxyl groups is 1. The number of anilines is 1. The molecule has 0 aromatic carbocycles. The highest BCUT2D eigenvalue weighted by Gasteiger charge is 2.25. The van der Waals surface area contributed by atoms with Crippen LogP contribution in [-0.2, 0) is 6.54 Å². The van der Waals surface area contributed by atoms with Crippen LogP contribution in [0.2, 0.25) is 0 Å². The largest absolute Gasteiger partial charge is 0.393 e. The first-order chi connectivity index (χ1) is 12.1. The summed E-state index contributed by atoms with van der Waals surface area (Å²) in [5, 5.41) is 17.2. The Morgan fingerprint density at radius 2 is 2.16 bits per heavy atom. The number of hydrogen-bond donors (Lipinski definition) is 2. The average Bonchev–Trinajstić information content (AvgIpc) is 3.04. The molecule has 0 radical (unpaired) electrons. The van der Waals surface area contributed by atoms with Crippen LogP contribution in [0.1, 0.15) is 31.4 Å². The van der Waals surface area contributed by atoms with E-state index in [0.717, 1.165) is 31.4 Å². The molecule has 0 bridgehead atoms. The number of carbonyl (C=O) groups is 1. The SMILES string of the molecule is CN(CC1CCCCC1O)C(=O)Nc1ccnn1Cc1ccccn1. The second kappa shape index (κ2) is 8.11. The van der Waals surface area contributed by atoms with Gasteiger partial charge in [-0.05, 0) is 25.0 Å². The van der Waals surface area contributed by atoms with Crippen LogP contribution in [0, 0.1) is 5.92 Å². The van der Waals surface area contributed by atoms with Crippen LogP contribution < -0.4 is 5.32 Å². The van der Waals surface area contributed by atoms with Crippen LogP contribution in [-0.4, -0.2) is 50.5 Å². The summed E-state index contributed by atoms with van der Waals surface area (Å²) in [5.74, 6) is 0.787. The van der Waals surface area contributed by atoms with Gasteiger partial charge in [0, 0.05) is 31.8 Å². The zero-order chi connectivity index (χ0) is 17.6. The zero-order valence-electron chi connectivity index (χ0n) is 14.5. The smallest absolute Gasteiger partial charge is 0.322 e. The van der Waals surface area contributed by atoms with Crippen LogP contribution in [0.5, 0.6) is 0 Å². The lowest BCUT2D eigenvalue weighted by atomic mass is 9.86. The summed E-state index contributed by atoms with van der Waals surface area (Å²) >= 11 is 0. The van der Waals surface area contributed by atoms with Crippen molar-refractivity contribution in [1.29, 1.82) is 0 Å². The van der Waals surface area contributed by atoms with Crippen molar-refractivity contribution in [3.05, 3.63) is 42.4 Å². The highest BCUT2D eigenvalue weighted by Crippen LogP contribution is 2.25. The van der Waals surface area contributed by atoms with Gasteiger partial charge in [-0.25, -0.2) is 9.48 Å². The fourth-order valence-corrected chi connectivity index (χ4v) is 3.25. The number of urea groups is 1. The maximum Gasteiger partial charge on any atom is 0.322 e. The maximum absolute atomic E-state index is 12.5. The molecule has 7 nitrogen and oxygen atoms in total. The third-order valence-electron chi connectivity index (χ3n) is 4.71. The molecule has 3 rings (SSSR count). The average molecular weight is 343 g/mol. The second-order valence-electron chi connectivity index (χ2n) is 6.62. The molecule has 2 heterocycles. The van der Waals surface area contributed by atoms with E-state index in [1.54, 1.807) is 35.1 Å². The van der Waals surface area contributed by atoms with E-state index in [2.05, 4.69) is 15.4 Å². The molecule has 1 aliphatic rings. The van der Waals surface area contributed by atoms with Gasteiger partial charge in [0.25, 0.3) is 0 Å². The van der Waals surface area contributed by atoms with E-state index in [1.165, 1.54) is 0 Å². The zero-order valence-corrected chi connectivity index (χ0v) is 14.5. The van der Waals surface area contributed by atoms with Crippen LogP contribution in [0.25, 0.3) is 0 Å². The van der Waals surface area contributed by atoms with E-state index < -0.39 is 0 Å². The molecule has 7 heteroatoms. The van der Waals surface area contributed by atoms with Gasteiger partial charge < -0.3 is 10.0 Å². The van der Waals surface area contributed by atoms with Gasteiger partial charge in [0.1, 0.15) is 5.82 Å². The minimum absolute atomic E-state index is 0.155. The normalized spacial score (nSPS) is 20.2. The first-order valence-electron chi connectivity index (χ1n) is 8.75. The Kier molecular flexibility index (Phi) is 5.65. The minimum atomic E-state index is -0.307. The number of nitrogens with zero attached hydrogens (tertiary/aromatic N) is 4. The van der Waals surface area contributed by atoms with Crippen molar-refractivity contribution >= 4 is 11.8 Å². The van der Waals surface area contributed by atoms with Crippen LogP contribution in [0.15, 0.2) is 36.7 Å². The van der Waals surface area contributed by atoms with Crippen molar-refractivity contribution in [2.75, 3.05) is 18.9 Å². The standard InChI is InChI=1S/C18H25N5O2/c1-22(12-14-6-2-3-8-16(14)24)18(25)21-17-9-11-20-23(17)13-15-7-4-5-10-19-15/h4-5,7,9-11,14,16,24H,2-3,6,8,12-13H2,1H3,(H,21,25). The van der Waals surface area contributed by atoms with Crippen molar-refractivity contribution in [2.45, 2.75) is 38.3 Å². The Morgan fingerprint density at radius 1 is 1.32 bits per heavy atom. The molecular weight excluding hydrogens is 318 g/mol. The molecule has 2 aromatic rings. The summed E-state index contributed by atoms with van der Waals surface area (Å²) in [5.41, 5.74) is 0.875. The first kappa shape index (κ1) is 17.4. The molecule has 2 aromatic heterocycles.